The molecule has 3 aliphatic rings. The van der Waals surface area contributed by atoms with Crippen molar-refractivity contribution >= 4 is 49.4 Å². The summed E-state index contributed by atoms with van der Waals surface area (Å²) in [7, 11) is 0. The standard InChI is InChI=1S/C22H19Br2NO3/c1-11-3-2-4-14(9-11)28-13-7-5-12(6-8-13)25-21(26)17-15-10-16(18(17)22(25)27)20(24)19(15)23/h2-9,15-20H,10H2,1H3/t15-,16+,17-,18+,19-,20+. The molecule has 1 heterocycles. The summed E-state index contributed by atoms with van der Waals surface area (Å²) >= 11 is 7.44. The molecule has 0 radical (unpaired) electrons. The van der Waals surface area contributed by atoms with E-state index in [1.54, 1.807) is 12.1 Å². The van der Waals surface area contributed by atoms with E-state index in [-0.39, 0.29) is 45.1 Å². The van der Waals surface area contributed by atoms with E-state index < -0.39 is 0 Å². The number of amides is 2. The normalized spacial score (nSPS) is 33.5. The molecule has 6 heteroatoms. The van der Waals surface area contributed by atoms with Gasteiger partial charge < -0.3 is 4.74 Å². The van der Waals surface area contributed by atoms with E-state index in [1.807, 2.05) is 43.3 Å². The van der Waals surface area contributed by atoms with Crippen LogP contribution in [0.15, 0.2) is 48.5 Å². The SMILES string of the molecule is Cc1cccc(Oc2ccc(N3C(=O)[C@@H]4[C@H]5C[C@H]([C@H](Br)[C@@H]5Br)[C@@H]4C3=O)cc2)c1. The van der Waals surface area contributed by atoms with Crippen LogP contribution < -0.4 is 9.64 Å². The molecule has 2 amide bonds. The highest BCUT2D eigenvalue weighted by atomic mass is 79.9. The van der Waals surface area contributed by atoms with E-state index in [1.165, 1.54) is 4.90 Å². The van der Waals surface area contributed by atoms with Gasteiger partial charge >= 0.3 is 0 Å². The predicted octanol–water partition coefficient (Wildman–Crippen LogP) is 5.07. The number of anilines is 1. The van der Waals surface area contributed by atoms with Gasteiger partial charge in [0.1, 0.15) is 11.5 Å². The van der Waals surface area contributed by atoms with Gasteiger partial charge in [-0.2, -0.15) is 0 Å². The van der Waals surface area contributed by atoms with Crippen LogP contribution in [0.25, 0.3) is 0 Å². The first-order valence-corrected chi connectivity index (χ1v) is 11.3. The fourth-order valence-electron chi connectivity index (χ4n) is 5.08. The van der Waals surface area contributed by atoms with E-state index in [2.05, 4.69) is 31.9 Å². The van der Waals surface area contributed by atoms with Crippen molar-refractivity contribution < 1.29 is 14.3 Å². The summed E-state index contributed by atoms with van der Waals surface area (Å²) in [5.41, 5.74) is 1.75. The molecule has 2 aromatic carbocycles. The highest BCUT2D eigenvalue weighted by Crippen LogP contribution is 2.60. The van der Waals surface area contributed by atoms with Crippen LogP contribution in [0, 0.1) is 30.6 Å². The van der Waals surface area contributed by atoms with Crippen molar-refractivity contribution in [1.82, 2.24) is 0 Å². The Bertz CT molecular complexity index is 929. The molecule has 4 nitrogen and oxygen atoms in total. The lowest BCUT2D eigenvalue weighted by Gasteiger charge is -2.28. The zero-order valence-corrected chi connectivity index (χ0v) is 18.4. The Kier molecular flexibility index (Phi) is 4.40. The van der Waals surface area contributed by atoms with Crippen LogP contribution in [0.5, 0.6) is 11.5 Å². The maximum Gasteiger partial charge on any atom is 0.238 e. The van der Waals surface area contributed by atoms with Gasteiger partial charge in [-0.25, -0.2) is 0 Å². The molecule has 0 spiro atoms. The predicted molar refractivity (Wildman–Crippen MR) is 114 cm³/mol. The van der Waals surface area contributed by atoms with Crippen molar-refractivity contribution in [2.75, 3.05) is 4.90 Å². The second-order valence-electron chi connectivity index (χ2n) is 7.93. The summed E-state index contributed by atoms with van der Waals surface area (Å²) in [6.45, 7) is 2.01. The van der Waals surface area contributed by atoms with E-state index >= 15 is 0 Å². The van der Waals surface area contributed by atoms with Crippen molar-refractivity contribution in [1.29, 1.82) is 0 Å². The maximum atomic E-state index is 13.1. The quantitative estimate of drug-likeness (QED) is 0.433. The van der Waals surface area contributed by atoms with Crippen molar-refractivity contribution in [3.63, 3.8) is 0 Å². The minimum atomic E-state index is -0.195. The van der Waals surface area contributed by atoms with E-state index in [0.717, 1.165) is 17.7 Å². The average molecular weight is 505 g/mol. The lowest BCUT2D eigenvalue weighted by molar-refractivity contribution is -0.123. The molecule has 3 fully saturated rings. The van der Waals surface area contributed by atoms with Crippen LogP contribution >= 0.6 is 31.9 Å². The number of aryl methyl sites for hydroxylation is 1. The van der Waals surface area contributed by atoms with Gasteiger partial charge in [0, 0.05) is 9.65 Å². The zero-order valence-electron chi connectivity index (χ0n) is 15.2. The third kappa shape index (κ3) is 2.68. The van der Waals surface area contributed by atoms with Crippen LogP contribution in [0.3, 0.4) is 0 Å². The molecule has 1 aliphatic heterocycles. The van der Waals surface area contributed by atoms with Gasteiger partial charge in [0.05, 0.1) is 17.5 Å². The van der Waals surface area contributed by atoms with Crippen LogP contribution in [-0.4, -0.2) is 21.5 Å². The molecule has 2 aromatic rings. The molecule has 0 unspecified atom stereocenters. The summed E-state index contributed by atoms with van der Waals surface area (Å²) in [5.74, 6) is 1.39. The van der Waals surface area contributed by atoms with Gasteiger partial charge in [-0.3, -0.25) is 14.5 Å². The first-order valence-electron chi connectivity index (χ1n) is 9.46. The van der Waals surface area contributed by atoms with E-state index in [9.17, 15) is 9.59 Å². The number of rotatable bonds is 3. The third-order valence-corrected chi connectivity index (χ3v) is 9.51. The summed E-state index contributed by atoms with van der Waals surface area (Å²) < 4.78 is 5.88. The molecule has 0 N–H and O–H groups in total. The Morgan fingerprint density at radius 2 is 1.50 bits per heavy atom. The van der Waals surface area contributed by atoms with Crippen LogP contribution in [-0.2, 0) is 9.59 Å². The molecule has 2 bridgehead atoms. The van der Waals surface area contributed by atoms with E-state index in [4.69, 9.17) is 4.74 Å². The van der Waals surface area contributed by atoms with Gasteiger partial charge in [-0.05, 0) is 67.1 Å². The number of nitrogens with zero attached hydrogens (tertiary/aromatic N) is 1. The summed E-state index contributed by atoms with van der Waals surface area (Å²) in [6, 6.07) is 15.0. The average Bonchev–Trinajstić information content (AvgIpc) is 3.28. The summed E-state index contributed by atoms with van der Waals surface area (Å²) in [6.07, 6.45) is 0.940. The molecule has 2 saturated carbocycles. The fraction of sp³-hybridized carbons (Fsp3) is 0.364. The zero-order chi connectivity index (χ0) is 19.6. The molecule has 1 saturated heterocycles. The number of fused-ring (bicyclic) bond motifs is 5. The number of halogens is 2. The first-order chi connectivity index (χ1) is 13.5. The van der Waals surface area contributed by atoms with E-state index in [0.29, 0.717) is 11.4 Å². The van der Waals surface area contributed by atoms with Gasteiger partial charge in [-0.1, -0.05) is 44.0 Å². The van der Waals surface area contributed by atoms with Crippen LogP contribution in [0.4, 0.5) is 5.69 Å². The molecule has 5 rings (SSSR count). The lowest BCUT2D eigenvalue weighted by atomic mass is 9.81. The van der Waals surface area contributed by atoms with Crippen LogP contribution in [0.1, 0.15) is 12.0 Å². The summed E-state index contributed by atoms with van der Waals surface area (Å²) in [5, 5.41) is 0. The lowest BCUT2D eigenvalue weighted by Crippen LogP contribution is -2.37. The van der Waals surface area contributed by atoms with Crippen LogP contribution in [0.2, 0.25) is 0 Å². The number of alkyl halides is 2. The number of hydrogen-bond donors (Lipinski definition) is 0. The van der Waals surface area contributed by atoms with Gasteiger partial charge in [0.2, 0.25) is 11.8 Å². The second-order valence-corrected chi connectivity index (χ2v) is 10.0. The van der Waals surface area contributed by atoms with Gasteiger partial charge in [0.25, 0.3) is 0 Å². The first kappa shape index (κ1) is 18.4. The highest BCUT2D eigenvalue weighted by Gasteiger charge is 2.66. The minimum Gasteiger partial charge on any atom is -0.457 e. The second kappa shape index (κ2) is 6.70. The Balaban J connectivity index is 1.38. The number of imide groups is 1. The fourth-order valence-corrected chi connectivity index (χ4v) is 6.95. The topological polar surface area (TPSA) is 46.6 Å². The van der Waals surface area contributed by atoms with Gasteiger partial charge in [0.15, 0.2) is 0 Å². The Morgan fingerprint density at radius 3 is 2.07 bits per heavy atom. The maximum absolute atomic E-state index is 13.1. The van der Waals surface area contributed by atoms with Crippen molar-refractivity contribution in [3.05, 3.63) is 54.1 Å². The third-order valence-electron chi connectivity index (χ3n) is 6.31. The number of benzene rings is 2. The monoisotopic (exact) mass is 503 g/mol. The van der Waals surface area contributed by atoms with Crippen molar-refractivity contribution in [2.24, 2.45) is 23.7 Å². The molecule has 6 atom stereocenters. The Morgan fingerprint density at radius 1 is 0.893 bits per heavy atom. The number of hydrogen-bond acceptors (Lipinski definition) is 3. The Labute approximate surface area is 180 Å². The Hall–Kier alpha value is -1.66. The van der Waals surface area contributed by atoms with Crippen molar-refractivity contribution in [2.45, 2.75) is 23.0 Å². The molecular formula is C22H19Br2NO3. The van der Waals surface area contributed by atoms with Crippen molar-refractivity contribution in [3.8, 4) is 11.5 Å². The molecule has 28 heavy (non-hydrogen) atoms. The van der Waals surface area contributed by atoms with Gasteiger partial charge in [-0.15, -0.1) is 0 Å². The highest BCUT2D eigenvalue weighted by molar-refractivity contribution is 9.12. The number of carbonyl (C=O) groups is 2. The molecule has 0 aromatic heterocycles. The number of carbonyl (C=O) groups excluding carboxylic acids is 2. The molecular weight excluding hydrogens is 486 g/mol. The summed E-state index contributed by atoms with van der Waals surface area (Å²) in [4.78, 5) is 28.1. The largest absolute Gasteiger partial charge is 0.457 e. The molecule has 144 valence electrons. The smallest absolute Gasteiger partial charge is 0.238 e. The number of ether oxygens (including phenoxy) is 1. The minimum absolute atomic E-state index is 0.0568. The molecule has 2 aliphatic carbocycles.